The summed E-state index contributed by atoms with van der Waals surface area (Å²) in [6.45, 7) is 0. The summed E-state index contributed by atoms with van der Waals surface area (Å²) in [5.74, 6) is 5.46. The van der Waals surface area contributed by atoms with E-state index in [4.69, 9.17) is 0 Å². The van der Waals surface area contributed by atoms with Crippen LogP contribution in [0.15, 0.2) is 48.6 Å². The Balaban J connectivity index is 2.69. The minimum atomic E-state index is -4.95. The molecule has 0 unspecified atom stereocenters. The smallest absolute Gasteiger partial charge is 0.285 e. The van der Waals surface area contributed by atoms with E-state index >= 15 is 0 Å². The first kappa shape index (κ1) is 20.8. The number of carbonyl (C=O) groups excluding carboxylic acids is 2. The molecule has 0 amide bonds. The quantitative estimate of drug-likeness (QED) is 0.451. The van der Waals surface area contributed by atoms with Crippen LogP contribution in [0.3, 0.4) is 0 Å². The number of rotatable bonds is 2. The topological polar surface area (TPSA) is 34.1 Å². The van der Waals surface area contributed by atoms with Crippen molar-refractivity contribution in [2.24, 2.45) is 0 Å². The van der Waals surface area contributed by atoms with Crippen molar-refractivity contribution in [2.75, 3.05) is 0 Å². The van der Waals surface area contributed by atoms with Gasteiger partial charge in [-0.15, -0.1) is 0 Å². The fraction of sp³-hybridized carbons (Fsp3) is 0.111. The largest absolute Gasteiger partial charge is 0.454 e. The fourth-order valence-corrected chi connectivity index (χ4v) is 1.31. The molecule has 0 fully saturated rings. The molecule has 2 nitrogen and oxygen atoms in total. The summed E-state index contributed by atoms with van der Waals surface area (Å²) in [6.07, 6.45) is -7.74. The predicted molar refractivity (Wildman–Crippen MR) is 80.6 cm³/mol. The molecule has 134 valence electrons. The van der Waals surface area contributed by atoms with Crippen LogP contribution in [0.25, 0.3) is 0 Å². The fourth-order valence-electron chi connectivity index (χ4n) is 1.31. The number of carbonyl (C=O) groups is 2. The molecule has 0 bridgehead atoms. The van der Waals surface area contributed by atoms with Crippen molar-refractivity contribution in [3.8, 4) is 23.7 Å². The van der Waals surface area contributed by atoms with Gasteiger partial charge in [-0.1, -0.05) is 23.7 Å². The summed E-state index contributed by atoms with van der Waals surface area (Å²) < 4.78 is 71.6. The van der Waals surface area contributed by atoms with E-state index in [1.807, 2.05) is 0 Å². The van der Waals surface area contributed by atoms with E-state index in [0.29, 0.717) is 23.3 Å². The number of alkyl halides is 6. The van der Waals surface area contributed by atoms with E-state index in [0.717, 1.165) is 12.2 Å². The maximum absolute atomic E-state index is 11.9. The lowest BCUT2D eigenvalue weighted by Crippen LogP contribution is -2.19. The SMILES string of the molecule is O=C(/C=C/C#Cc1ccc(C#C/C=C/C(=O)C(F)(F)F)cc1)C(F)(F)F. The monoisotopic (exact) mass is 370 g/mol. The van der Waals surface area contributed by atoms with Gasteiger partial charge in [0.2, 0.25) is 0 Å². The van der Waals surface area contributed by atoms with Crippen LogP contribution in [0.2, 0.25) is 0 Å². The van der Waals surface area contributed by atoms with Crippen LogP contribution in [0.1, 0.15) is 11.1 Å². The first-order valence-electron chi connectivity index (χ1n) is 6.68. The predicted octanol–water partition coefficient (Wildman–Crippen LogP) is 3.76. The highest BCUT2D eigenvalue weighted by Crippen LogP contribution is 2.16. The van der Waals surface area contributed by atoms with Gasteiger partial charge in [0.05, 0.1) is 0 Å². The molecule has 0 N–H and O–H groups in total. The van der Waals surface area contributed by atoms with Crippen LogP contribution in [0, 0.1) is 23.7 Å². The van der Waals surface area contributed by atoms with Gasteiger partial charge >= 0.3 is 12.4 Å². The number of hydrogen-bond donors (Lipinski definition) is 0. The molecular weight excluding hydrogens is 362 g/mol. The third kappa shape index (κ3) is 7.54. The summed E-state index contributed by atoms with van der Waals surface area (Å²) in [6, 6.07) is 5.89. The van der Waals surface area contributed by atoms with Gasteiger partial charge in [-0.25, -0.2) is 0 Å². The van der Waals surface area contributed by atoms with Crippen molar-refractivity contribution in [1.82, 2.24) is 0 Å². The molecule has 0 aliphatic carbocycles. The van der Waals surface area contributed by atoms with Crippen molar-refractivity contribution in [3.05, 3.63) is 59.7 Å². The Morgan fingerprint density at radius 3 is 1.27 bits per heavy atom. The molecule has 0 saturated carbocycles. The molecule has 0 spiro atoms. The Labute approximate surface area is 144 Å². The average Bonchev–Trinajstić information content (AvgIpc) is 2.54. The van der Waals surface area contributed by atoms with Gasteiger partial charge in [0.25, 0.3) is 11.6 Å². The first-order chi connectivity index (χ1) is 12.0. The molecule has 8 heteroatoms. The summed E-state index contributed by atoms with van der Waals surface area (Å²) in [4.78, 5) is 21.1. The first-order valence-corrected chi connectivity index (χ1v) is 6.68. The number of ketones is 2. The zero-order valence-electron chi connectivity index (χ0n) is 12.7. The molecular formula is C18H8F6O2. The second-order valence-corrected chi connectivity index (χ2v) is 4.51. The normalized spacial score (nSPS) is 11.6. The molecule has 0 heterocycles. The zero-order chi connectivity index (χ0) is 19.8. The minimum absolute atomic E-state index is 0.307. The highest BCUT2D eigenvalue weighted by molar-refractivity contribution is 5.95. The van der Waals surface area contributed by atoms with Gasteiger partial charge < -0.3 is 0 Å². The Hall–Kier alpha value is -3.26. The number of benzene rings is 1. The summed E-state index contributed by atoms with van der Waals surface area (Å²) in [5.41, 5.74) is 0.838. The van der Waals surface area contributed by atoms with Crippen LogP contribution in [-0.4, -0.2) is 23.9 Å². The third-order valence-electron chi connectivity index (χ3n) is 2.51. The lowest BCUT2D eigenvalue weighted by atomic mass is 10.1. The summed E-state index contributed by atoms with van der Waals surface area (Å²) in [5, 5.41) is 0. The molecule has 0 aliphatic rings. The number of allylic oxidation sites excluding steroid dienone is 4. The van der Waals surface area contributed by atoms with E-state index in [1.165, 1.54) is 24.3 Å². The Bertz CT molecular complexity index is 775. The molecule has 1 aromatic rings. The second kappa shape index (κ2) is 8.72. The Morgan fingerprint density at radius 1 is 0.692 bits per heavy atom. The van der Waals surface area contributed by atoms with Crippen molar-refractivity contribution in [3.63, 3.8) is 0 Å². The van der Waals surface area contributed by atoms with Crippen LogP contribution in [0.4, 0.5) is 26.3 Å². The van der Waals surface area contributed by atoms with Gasteiger partial charge in [-0.05, 0) is 48.6 Å². The van der Waals surface area contributed by atoms with Crippen LogP contribution >= 0.6 is 0 Å². The van der Waals surface area contributed by atoms with Crippen LogP contribution in [-0.2, 0) is 9.59 Å². The molecule has 26 heavy (non-hydrogen) atoms. The van der Waals surface area contributed by atoms with Crippen LogP contribution < -0.4 is 0 Å². The van der Waals surface area contributed by atoms with E-state index in [-0.39, 0.29) is 0 Å². The lowest BCUT2D eigenvalue weighted by Gasteiger charge is -1.97. The van der Waals surface area contributed by atoms with Crippen molar-refractivity contribution >= 4 is 11.6 Å². The molecule has 0 aromatic heterocycles. The van der Waals surface area contributed by atoms with Crippen molar-refractivity contribution in [2.45, 2.75) is 12.4 Å². The average molecular weight is 370 g/mol. The minimum Gasteiger partial charge on any atom is -0.285 e. The maximum Gasteiger partial charge on any atom is 0.454 e. The molecule has 0 saturated heterocycles. The highest BCUT2D eigenvalue weighted by atomic mass is 19.4. The lowest BCUT2D eigenvalue weighted by molar-refractivity contribution is -0.165. The molecule has 1 rings (SSSR count). The van der Waals surface area contributed by atoms with Crippen molar-refractivity contribution in [1.29, 1.82) is 0 Å². The standard InChI is InChI=1S/C18H8F6O2/c19-17(20,21)15(25)7-3-1-5-13-9-11-14(12-10-13)6-2-4-8-16(26)18(22,23)24/h3-4,7-12H/b7-3+,8-4+. The van der Waals surface area contributed by atoms with Gasteiger partial charge in [0.15, 0.2) is 0 Å². The van der Waals surface area contributed by atoms with Crippen molar-refractivity contribution < 1.29 is 35.9 Å². The van der Waals surface area contributed by atoms with Gasteiger partial charge in [-0.2, -0.15) is 26.3 Å². The molecule has 0 aliphatic heterocycles. The van der Waals surface area contributed by atoms with E-state index in [2.05, 4.69) is 23.7 Å². The zero-order valence-corrected chi connectivity index (χ0v) is 12.7. The molecule has 0 atom stereocenters. The molecule has 0 radical (unpaired) electrons. The highest BCUT2D eigenvalue weighted by Gasteiger charge is 2.36. The number of hydrogen-bond acceptors (Lipinski definition) is 2. The van der Waals surface area contributed by atoms with Crippen LogP contribution in [0.5, 0.6) is 0 Å². The Kier molecular flexibility index (Phi) is 6.97. The molecule has 1 aromatic carbocycles. The van der Waals surface area contributed by atoms with E-state index in [1.54, 1.807) is 0 Å². The van der Waals surface area contributed by atoms with E-state index < -0.39 is 23.9 Å². The summed E-state index contributed by atoms with van der Waals surface area (Å²) in [7, 11) is 0. The third-order valence-corrected chi connectivity index (χ3v) is 2.51. The van der Waals surface area contributed by atoms with Gasteiger partial charge in [-0.3, -0.25) is 9.59 Å². The van der Waals surface area contributed by atoms with E-state index in [9.17, 15) is 35.9 Å². The maximum atomic E-state index is 11.9. The number of halogens is 6. The Morgan fingerprint density at radius 2 is 1.00 bits per heavy atom. The second-order valence-electron chi connectivity index (χ2n) is 4.51. The van der Waals surface area contributed by atoms with Gasteiger partial charge in [0, 0.05) is 11.1 Å². The van der Waals surface area contributed by atoms with Gasteiger partial charge in [0.1, 0.15) is 0 Å². The summed E-state index contributed by atoms with van der Waals surface area (Å²) >= 11 is 0.